The number of benzene rings is 1. The lowest BCUT2D eigenvalue weighted by Crippen LogP contribution is -2.30. The first-order chi connectivity index (χ1) is 7.83. The Labute approximate surface area is 95.7 Å². The van der Waals surface area contributed by atoms with Crippen LogP contribution < -0.4 is 10.5 Å². The molecule has 1 saturated carbocycles. The second-order valence-corrected chi connectivity index (χ2v) is 5.48. The van der Waals surface area contributed by atoms with Crippen molar-refractivity contribution >= 4 is 10.0 Å². The molecule has 0 aliphatic heterocycles. The van der Waals surface area contributed by atoms with Gasteiger partial charge in [-0.1, -0.05) is 0 Å². The molecule has 3 N–H and O–H groups in total. The van der Waals surface area contributed by atoms with Gasteiger partial charge in [-0.15, -0.1) is 0 Å². The summed E-state index contributed by atoms with van der Waals surface area (Å²) in [5, 5.41) is 0. The summed E-state index contributed by atoms with van der Waals surface area (Å²) in [5.74, 6) is -4.98. The summed E-state index contributed by atoms with van der Waals surface area (Å²) < 4.78 is 64.1. The van der Waals surface area contributed by atoms with Crippen LogP contribution in [0.15, 0.2) is 17.0 Å². The van der Waals surface area contributed by atoms with Gasteiger partial charge in [0.1, 0.15) is 4.90 Å². The van der Waals surface area contributed by atoms with Gasteiger partial charge in [-0.2, -0.15) is 0 Å². The highest BCUT2D eigenvalue weighted by molar-refractivity contribution is 7.89. The van der Waals surface area contributed by atoms with E-state index in [0.29, 0.717) is 18.6 Å². The highest BCUT2D eigenvalue weighted by Crippen LogP contribution is 2.24. The standard InChI is InChI=1S/C9H9F3N2O2S/c10-4-1-2-7(9(12)8(4)11)17(15,16)14-6-3-5(6)13/h1-2,5-6,14H,3,13H2. The lowest BCUT2D eigenvalue weighted by atomic mass is 10.3. The number of halogens is 3. The highest BCUT2D eigenvalue weighted by atomic mass is 32.2. The van der Waals surface area contributed by atoms with Crippen molar-refractivity contribution in [3.63, 3.8) is 0 Å². The van der Waals surface area contributed by atoms with Gasteiger partial charge in [-0.25, -0.2) is 26.3 Å². The first kappa shape index (κ1) is 12.3. The van der Waals surface area contributed by atoms with E-state index in [-0.39, 0.29) is 6.04 Å². The van der Waals surface area contributed by atoms with Crippen molar-refractivity contribution in [1.82, 2.24) is 4.72 Å². The minimum Gasteiger partial charge on any atom is -0.326 e. The minimum atomic E-state index is -4.21. The van der Waals surface area contributed by atoms with Crippen LogP contribution in [0.1, 0.15) is 6.42 Å². The zero-order valence-corrected chi connectivity index (χ0v) is 9.27. The molecular formula is C9H9F3N2O2S. The Morgan fingerprint density at radius 3 is 2.35 bits per heavy atom. The van der Waals surface area contributed by atoms with Crippen molar-refractivity contribution in [3.05, 3.63) is 29.6 Å². The maximum Gasteiger partial charge on any atom is 0.243 e. The minimum absolute atomic E-state index is 0.321. The average molecular weight is 266 g/mol. The van der Waals surface area contributed by atoms with Crippen molar-refractivity contribution in [2.45, 2.75) is 23.4 Å². The zero-order chi connectivity index (χ0) is 12.8. The van der Waals surface area contributed by atoms with Gasteiger partial charge in [0.2, 0.25) is 10.0 Å². The molecule has 0 radical (unpaired) electrons. The van der Waals surface area contributed by atoms with Crippen molar-refractivity contribution < 1.29 is 21.6 Å². The highest BCUT2D eigenvalue weighted by Gasteiger charge is 2.38. The van der Waals surface area contributed by atoms with E-state index in [1.165, 1.54) is 0 Å². The predicted molar refractivity (Wildman–Crippen MR) is 53.0 cm³/mol. The molecule has 0 spiro atoms. The third-order valence-corrected chi connectivity index (χ3v) is 3.94. The third kappa shape index (κ3) is 2.28. The molecule has 2 unspecified atom stereocenters. The molecule has 0 aromatic heterocycles. The summed E-state index contributed by atoms with van der Waals surface area (Å²) in [6.07, 6.45) is 0.435. The average Bonchev–Trinajstić information content (AvgIpc) is 2.89. The summed E-state index contributed by atoms with van der Waals surface area (Å²) in [4.78, 5) is -0.921. The van der Waals surface area contributed by atoms with E-state index in [1.807, 2.05) is 0 Å². The zero-order valence-electron chi connectivity index (χ0n) is 8.45. The first-order valence-electron chi connectivity index (χ1n) is 4.74. The van der Waals surface area contributed by atoms with E-state index in [1.54, 1.807) is 0 Å². The molecular weight excluding hydrogens is 257 g/mol. The van der Waals surface area contributed by atoms with Gasteiger partial charge in [-0.05, 0) is 18.6 Å². The molecule has 0 heterocycles. The third-order valence-electron chi connectivity index (χ3n) is 2.44. The Hall–Kier alpha value is -1.12. The van der Waals surface area contributed by atoms with E-state index < -0.39 is 38.4 Å². The van der Waals surface area contributed by atoms with Crippen LogP contribution in [0, 0.1) is 17.5 Å². The summed E-state index contributed by atoms with van der Waals surface area (Å²) in [6, 6.07) is 0.426. The van der Waals surface area contributed by atoms with E-state index >= 15 is 0 Å². The number of hydrogen-bond acceptors (Lipinski definition) is 3. The van der Waals surface area contributed by atoms with Crippen molar-refractivity contribution in [2.75, 3.05) is 0 Å². The molecule has 17 heavy (non-hydrogen) atoms. The van der Waals surface area contributed by atoms with Gasteiger partial charge in [0.25, 0.3) is 0 Å². The van der Waals surface area contributed by atoms with Crippen molar-refractivity contribution in [2.24, 2.45) is 5.73 Å². The molecule has 1 aliphatic rings. The van der Waals surface area contributed by atoms with E-state index in [9.17, 15) is 21.6 Å². The molecule has 8 heteroatoms. The topological polar surface area (TPSA) is 72.2 Å². The van der Waals surface area contributed by atoms with E-state index in [2.05, 4.69) is 4.72 Å². The largest absolute Gasteiger partial charge is 0.326 e. The quantitative estimate of drug-likeness (QED) is 0.782. The van der Waals surface area contributed by atoms with Crippen LogP contribution in [0.3, 0.4) is 0 Å². The van der Waals surface area contributed by atoms with Gasteiger partial charge >= 0.3 is 0 Å². The fourth-order valence-electron chi connectivity index (χ4n) is 1.33. The maximum atomic E-state index is 13.3. The fraction of sp³-hybridized carbons (Fsp3) is 0.333. The molecule has 1 aromatic rings. The molecule has 2 atom stereocenters. The SMILES string of the molecule is NC1CC1NS(=O)(=O)c1ccc(F)c(F)c1F. The number of sulfonamides is 1. The van der Waals surface area contributed by atoms with Crippen LogP contribution in [0.5, 0.6) is 0 Å². The van der Waals surface area contributed by atoms with Crippen LogP contribution in [0.2, 0.25) is 0 Å². The van der Waals surface area contributed by atoms with Crippen molar-refractivity contribution in [1.29, 1.82) is 0 Å². The van der Waals surface area contributed by atoms with Crippen LogP contribution >= 0.6 is 0 Å². The number of rotatable bonds is 3. The maximum absolute atomic E-state index is 13.3. The molecule has 1 aromatic carbocycles. The normalized spacial score (nSPS) is 23.8. The Kier molecular flexibility index (Phi) is 2.88. The molecule has 0 bridgehead atoms. The van der Waals surface area contributed by atoms with Crippen LogP contribution in [-0.4, -0.2) is 20.5 Å². The fourth-order valence-corrected chi connectivity index (χ4v) is 2.70. The first-order valence-corrected chi connectivity index (χ1v) is 6.22. The lowest BCUT2D eigenvalue weighted by molar-refractivity contribution is 0.431. The van der Waals surface area contributed by atoms with Gasteiger partial charge in [0.15, 0.2) is 17.5 Å². The van der Waals surface area contributed by atoms with Gasteiger partial charge in [0, 0.05) is 12.1 Å². The molecule has 0 saturated heterocycles. The summed E-state index contributed by atoms with van der Waals surface area (Å²) in [5.41, 5.74) is 5.39. The van der Waals surface area contributed by atoms with E-state index in [0.717, 1.165) is 0 Å². The molecule has 2 rings (SSSR count). The smallest absolute Gasteiger partial charge is 0.243 e. The Balaban J connectivity index is 2.36. The monoisotopic (exact) mass is 266 g/mol. The molecule has 1 aliphatic carbocycles. The van der Waals surface area contributed by atoms with Crippen LogP contribution in [0.4, 0.5) is 13.2 Å². The second kappa shape index (κ2) is 3.97. The molecule has 0 amide bonds. The Morgan fingerprint density at radius 2 is 1.82 bits per heavy atom. The number of nitrogens with two attached hydrogens (primary N) is 1. The van der Waals surface area contributed by atoms with Crippen molar-refractivity contribution in [3.8, 4) is 0 Å². The number of nitrogens with one attached hydrogen (secondary N) is 1. The van der Waals surface area contributed by atoms with Gasteiger partial charge < -0.3 is 5.73 Å². The second-order valence-electron chi connectivity index (χ2n) is 3.80. The predicted octanol–water partition coefficient (Wildman–Crippen LogP) is 0.482. The van der Waals surface area contributed by atoms with Crippen LogP contribution in [-0.2, 0) is 10.0 Å². The lowest BCUT2D eigenvalue weighted by Gasteiger charge is -2.07. The number of hydrogen-bond donors (Lipinski definition) is 2. The molecule has 1 fully saturated rings. The molecule has 4 nitrogen and oxygen atoms in total. The van der Waals surface area contributed by atoms with Crippen LogP contribution in [0.25, 0.3) is 0 Å². The van der Waals surface area contributed by atoms with Gasteiger partial charge in [0.05, 0.1) is 0 Å². The van der Waals surface area contributed by atoms with E-state index in [4.69, 9.17) is 5.73 Å². The summed E-state index contributed by atoms with van der Waals surface area (Å²) in [6.45, 7) is 0. The summed E-state index contributed by atoms with van der Waals surface area (Å²) in [7, 11) is -4.21. The summed E-state index contributed by atoms with van der Waals surface area (Å²) >= 11 is 0. The Morgan fingerprint density at radius 1 is 1.24 bits per heavy atom. The molecule has 94 valence electrons. The Bertz CT molecular complexity index is 562. The van der Waals surface area contributed by atoms with Gasteiger partial charge in [-0.3, -0.25) is 0 Å².